The van der Waals surface area contributed by atoms with Gasteiger partial charge in [0.25, 0.3) is 5.56 Å². The molecular weight excluding hydrogens is 372 g/mol. The van der Waals surface area contributed by atoms with Crippen molar-refractivity contribution < 1.29 is 0 Å². The molecule has 2 aromatic heterocycles. The summed E-state index contributed by atoms with van der Waals surface area (Å²) in [5.74, 6) is 0.627. The van der Waals surface area contributed by atoms with Crippen LogP contribution < -0.4 is 11.2 Å². The molecule has 0 saturated carbocycles. The Bertz CT molecular complexity index is 1090. The number of imidazole rings is 1. The van der Waals surface area contributed by atoms with Gasteiger partial charge in [-0.15, -0.1) is 0 Å². The van der Waals surface area contributed by atoms with Gasteiger partial charge in [-0.3, -0.25) is 13.9 Å². The molecule has 0 unspecified atom stereocenters. The van der Waals surface area contributed by atoms with Crippen molar-refractivity contribution in [1.29, 1.82) is 0 Å². The number of allylic oxidation sites excluding steroid dienone is 1. The zero-order valence-electron chi connectivity index (χ0n) is 14.8. The van der Waals surface area contributed by atoms with Crippen LogP contribution in [0.15, 0.2) is 56.2 Å². The lowest BCUT2D eigenvalue weighted by atomic mass is 10.2. The molecular formula is C18H19ClN4O2S. The van der Waals surface area contributed by atoms with E-state index in [2.05, 4.69) is 4.98 Å². The maximum Gasteiger partial charge on any atom is 0.332 e. The van der Waals surface area contributed by atoms with Crippen molar-refractivity contribution in [2.45, 2.75) is 18.6 Å². The molecule has 0 spiro atoms. The monoisotopic (exact) mass is 390 g/mol. The summed E-state index contributed by atoms with van der Waals surface area (Å²) in [4.78, 5) is 29.6. The van der Waals surface area contributed by atoms with Crippen LogP contribution in [0.4, 0.5) is 0 Å². The average molecular weight is 391 g/mol. The first-order valence-electron chi connectivity index (χ1n) is 8.05. The van der Waals surface area contributed by atoms with Crippen molar-refractivity contribution >= 4 is 34.5 Å². The SMILES string of the molecule is C/C(Cl)=C\CSc1nc2c(c(=O)n(C)c(=O)n2C)n1Cc1ccccc1. The van der Waals surface area contributed by atoms with E-state index in [1.165, 1.54) is 23.4 Å². The Kier molecular flexibility index (Phi) is 5.38. The van der Waals surface area contributed by atoms with Crippen molar-refractivity contribution in [3.05, 3.63) is 67.8 Å². The predicted octanol–water partition coefficient (Wildman–Crippen LogP) is 2.72. The van der Waals surface area contributed by atoms with E-state index >= 15 is 0 Å². The fraction of sp³-hybridized carbons (Fsp3) is 0.278. The summed E-state index contributed by atoms with van der Waals surface area (Å²) in [6.07, 6.45) is 1.88. The number of hydrogen-bond donors (Lipinski definition) is 0. The van der Waals surface area contributed by atoms with Crippen LogP contribution in [-0.4, -0.2) is 24.4 Å². The minimum Gasteiger partial charge on any atom is -0.309 e. The number of thioether (sulfide) groups is 1. The lowest BCUT2D eigenvalue weighted by Crippen LogP contribution is -2.37. The summed E-state index contributed by atoms with van der Waals surface area (Å²) < 4.78 is 4.39. The van der Waals surface area contributed by atoms with Crippen molar-refractivity contribution in [3.63, 3.8) is 0 Å². The van der Waals surface area contributed by atoms with Gasteiger partial charge in [-0.2, -0.15) is 0 Å². The Labute approximate surface area is 159 Å². The molecule has 136 valence electrons. The van der Waals surface area contributed by atoms with Crippen LogP contribution >= 0.6 is 23.4 Å². The molecule has 0 saturated heterocycles. The third-order valence-corrected chi connectivity index (χ3v) is 5.13. The minimum atomic E-state index is -0.389. The van der Waals surface area contributed by atoms with E-state index < -0.39 is 0 Å². The van der Waals surface area contributed by atoms with Gasteiger partial charge < -0.3 is 4.57 Å². The molecule has 1 aromatic carbocycles. The first-order chi connectivity index (χ1) is 12.4. The quantitative estimate of drug-likeness (QED) is 0.628. The summed E-state index contributed by atoms with van der Waals surface area (Å²) in [7, 11) is 3.11. The van der Waals surface area contributed by atoms with Crippen LogP contribution in [0.25, 0.3) is 11.2 Å². The second-order valence-corrected chi connectivity index (χ2v) is 7.53. The lowest BCUT2D eigenvalue weighted by Gasteiger charge is -2.09. The molecule has 2 heterocycles. The summed E-state index contributed by atoms with van der Waals surface area (Å²) in [6, 6.07) is 9.84. The van der Waals surface area contributed by atoms with Crippen LogP contribution in [0.5, 0.6) is 0 Å². The Hall–Kier alpha value is -2.25. The van der Waals surface area contributed by atoms with E-state index in [-0.39, 0.29) is 11.2 Å². The summed E-state index contributed by atoms with van der Waals surface area (Å²) in [6.45, 7) is 2.31. The van der Waals surface area contributed by atoms with Gasteiger partial charge >= 0.3 is 5.69 Å². The number of hydrogen-bond acceptors (Lipinski definition) is 4. The highest BCUT2D eigenvalue weighted by Crippen LogP contribution is 2.23. The van der Waals surface area contributed by atoms with Crippen LogP contribution in [-0.2, 0) is 20.6 Å². The number of fused-ring (bicyclic) bond motifs is 1. The molecule has 0 radical (unpaired) electrons. The third-order valence-electron chi connectivity index (χ3n) is 4.07. The largest absolute Gasteiger partial charge is 0.332 e. The van der Waals surface area contributed by atoms with Gasteiger partial charge in [-0.25, -0.2) is 9.78 Å². The average Bonchev–Trinajstić information content (AvgIpc) is 2.97. The Balaban J connectivity index is 2.21. The molecule has 3 aromatic rings. The van der Waals surface area contributed by atoms with Gasteiger partial charge in [-0.05, 0) is 12.5 Å². The molecule has 0 N–H and O–H groups in total. The fourth-order valence-corrected chi connectivity index (χ4v) is 3.79. The highest BCUT2D eigenvalue weighted by Gasteiger charge is 2.19. The number of aromatic nitrogens is 4. The van der Waals surface area contributed by atoms with E-state index in [1.54, 1.807) is 7.05 Å². The lowest BCUT2D eigenvalue weighted by molar-refractivity contribution is 0.696. The van der Waals surface area contributed by atoms with Crippen molar-refractivity contribution in [3.8, 4) is 0 Å². The molecule has 26 heavy (non-hydrogen) atoms. The van der Waals surface area contributed by atoms with Gasteiger partial charge in [0.1, 0.15) is 0 Å². The molecule has 6 nitrogen and oxygen atoms in total. The van der Waals surface area contributed by atoms with Gasteiger partial charge in [0, 0.05) is 24.9 Å². The van der Waals surface area contributed by atoms with Crippen LogP contribution in [0.2, 0.25) is 0 Å². The molecule has 0 amide bonds. The first-order valence-corrected chi connectivity index (χ1v) is 9.41. The van der Waals surface area contributed by atoms with E-state index in [1.807, 2.05) is 47.9 Å². The van der Waals surface area contributed by atoms with Crippen molar-refractivity contribution in [2.24, 2.45) is 14.1 Å². The van der Waals surface area contributed by atoms with Gasteiger partial charge in [-0.1, -0.05) is 59.8 Å². The summed E-state index contributed by atoms with van der Waals surface area (Å²) in [5, 5.41) is 1.38. The zero-order valence-corrected chi connectivity index (χ0v) is 16.3. The summed E-state index contributed by atoms with van der Waals surface area (Å²) in [5.41, 5.74) is 1.13. The highest BCUT2D eigenvalue weighted by molar-refractivity contribution is 7.99. The van der Waals surface area contributed by atoms with Crippen LogP contribution in [0, 0.1) is 0 Å². The minimum absolute atomic E-state index is 0.345. The Morgan fingerprint density at radius 1 is 1.19 bits per heavy atom. The van der Waals surface area contributed by atoms with E-state index in [9.17, 15) is 9.59 Å². The van der Waals surface area contributed by atoms with Crippen LogP contribution in [0.3, 0.4) is 0 Å². The molecule has 0 bridgehead atoms. The van der Waals surface area contributed by atoms with Gasteiger partial charge in [0.2, 0.25) is 0 Å². The summed E-state index contributed by atoms with van der Waals surface area (Å²) >= 11 is 7.38. The molecule has 0 fully saturated rings. The highest BCUT2D eigenvalue weighted by atomic mass is 35.5. The number of aryl methyl sites for hydroxylation is 1. The number of benzene rings is 1. The molecule has 8 heteroatoms. The van der Waals surface area contributed by atoms with Crippen molar-refractivity contribution in [1.82, 2.24) is 18.7 Å². The number of nitrogens with zero attached hydrogens (tertiary/aromatic N) is 4. The Morgan fingerprint density at radius 3 is 2.54 bits per heavy atom. The maximum atomic E-state index is 12.8. The number of rotatable bonds is 5. The molecule has 0 aliphatic carbocycles. The van der Waals surface area contributed by atoms with E-state index in [0.29, 0.717) is 33.7 Å². The second-order valence-electron chi connectivity index (χ2n) is 5.95. The molecule has 3 rings (SSSR count). The third kappa shape index (κ3) is 3.50. The first kappa shape index (κ1) is 18.5. The zero-order chi connectivity index (χ0) is 18.8. The van der Waals surface area contributed by atoms with Gasteiger partial charge in [0.05, 0.1) is 6.54 Å². The standard InChI is InChI=1S/C18H19ClN4O2S/c1-12(19)9-10-26-17-20-15-14(16(24)22(3)18(25)21(15)2)23(17)11-13-7-5-4-6-8-13/h4-9H,10-11H2,1-3H3/b12-9+. The molecule has 0 atom stereocenters. The topological polar surface area (TPSA) is 61.8 Å². The van der Waals surface area contributed by atoms with Gasteiger partial charge in [0.15, 0.2) is 16.3 Å². The number of halogens is 1. The van der Waals surface area contributed by atoms with Crippen molar-refractivity contribution in [2.75, 3.05) is 5.75 Å². The Morgan fingerprint density at radius 2 is 1.88 bits per heavy atom. The molecule has 0 aliphatic heterocycles. The second kappa shape index (κ2) is 7.55. The maximum absolute atomic E-state index is 12.8. The normalized spacial score (nSPS) is 12.1. The van der Waals surface area contributed by atoms with E-state index in [4.69, 9.17) is 11.6 Å². The fourth-order valence-electron chi connectivity index (χ4n) is 2.68. The smallest absolute Gasteiger partial charge is 0.309 e. The van der Waals surface area contributed by atoms with Crippen LogP contribution in [0.1, 0.15) is 12.5 Å². The predicted molar refractivity (Wildman–Crippen MR) is 106 cm³/mol. The van der Waals surface area contributed by atoms with E-state index in [0.717, 1.165) is 10.1 Å². The molecule has 0 aliphatic rings.